The Kier molecular flexibility index (Phi) is 6.36. The summed E-state index contributed by atoms with van der Waals surface area (Å²) in [5, 5.41) is 0. The highest BCUT2D eigenvalue weighted by atomic mass is 79.9. The van der Waals surface area contributed by atoms with E-state index in [-0.39, 0.29) is 10.6 Å². The number of hydrogen-bond donors (Lipinski definition) is 0. The molecule has 27 heavy (non-hydrogen) atoms. The van der Waals surface area contributed by atoms with Crippen LogP contribution in [0.3, 0.4) is 0 Å². The second-order valence-corrected chi connectivity index (χ2v) is 8.58. The van der Waals surface area contributed by atoms with Gasteiger partial charge in [-0.1, -0.05) is 34.2 Å². The van der Waals surface area contributed by atoms with E-state index < -0.39 is 10.1 Å². The zero-order valence-electron chi connectivity index (χ0n) is 14.6. The molecule has 0 atom stereocenters. The molecule has 1 aliphatic rings. The number of nitrogens with zero attached hydrogens (tertiary/aromatic N) is 1. The number of para-hydroxylation sites is 1. The van der Waals surface area contributed by atoms with E-state index in [1.54, 1.807) is 30.3 Å². The van der Waals surface area contributed by atoms with Gasteiger partial charge >= 0.3 is 10.1 Å². The van der Waals surface area contributed by atoms with Crippen LogP contribution in [-0.2, 0) is 14.9 Å². The van der Waals surface area contributed by atoms with Crippen LogP contribution in [0.1, 0.15) is 5.56 Å². The van der Waals surface area contributed by atoms with Crippen LogP contribution in [0.2, 0.25) is 0 Å². The molecule has 1 aliphatic heterocycles. The van der Waals surface area contributed by atoms with Gasteiger partial charge < -0.3 is 18.6 Å². The Morgan fingerprint density at radius 1 is 1.15 bits per heavy atom. The summed E-state index contributed by atoms with van der Waals surface area (Å²) in [4.78, 5) is 2.50. The van der Waals surface area contributed by atoms with Gasteiger partial charge in [-0.05, 0) is 36.4 Å². The van der Waals surface area contributed by atoms with Crippen LogP contribution in [0.4, 0.5) is 0 Å². The first kappa shape index (κ1) is 20.1. The summed E-state index contributed by atoms with van der Waals surface area (Å²) in [5.41, 5.74) is 0.493. The molecule has 0 N–H and O–H groups in total. The predicted octanol–water partition coefficient (Wildman–Crippen LogP) is 3.23. The summed E-state index contributed by atoms with van der Waals surface area (Å²) in [6, 6.07) is 11.3. The van der Waals surface area contributed by atoms with Crippen LogP contribution in [0, 0.1) is 0 Å². The molecule has 3 rings (SSSR count). The Hall–Kier alpha value is -1.68. The molecule has 1 fully saturated rings. The lowest BCUT2D eigenvalue weighted by atomic mass is 10.1. The number of methoxy groups -OCH3 is 1. The number of thiocarbonyl (C=S) groups is 1. The van der Waals surface area contributed by atoms with E-state index in [0.29, 0.717) is 42.6 Å². The normalized spacial score (nSPS) is 14.7. The molecule has 144 valence electrons. The summed E-state index contributed by atoms with van der Waals surface area (Å²) >= 11 is 8.88. The van der Waals surface area contributed by atoms with Gasteiger partial charge in [-0.25, -0.2) is 0 Å². The van der Waals surface area contributed by atoms with E-state index in [9.17, 15) is 8.42 Å². The van der Waals surface area contributed by atoms with Crippen LogP contribution in [0.5, 0.6) is 11.5 Å². The first-order valence-electron chi connectivity index (χ1n) is 8.16. The minimum absolute atomic E-state index is 0.0415. The molecular formula is C18H18BrNO5S2. The lowest BCUT2D eigenvalue weighted by Crippen LogP contribution is -2.40. The largest absolute Gasteiger partial charge is 0.493 e. The molecular weight excluding hydrogens is 454 g/mol. The fourth-order valence-corrected chi connectivity index (χ4v) is 4.19. The van der Waals surface area contributed by atoms with Crippen LogP contribution in [-0.4, -0.2) is 51.7 Å². The fraction of sp³-hybridized carbons (Fsp3) is 0.278. The van der Waals surface area contributed by atoms with Gasteiger partial charge in [0.25, 0.3) is 0 Å². The van der Waals surface area contributed by atoms with E-state index in [2.05, 4.69) is 15.9 Å². The molecule has 0 bridgehead atoms. The number of hydrogen-bond acceptors (Lipinski definition) is 6. The third kappa shape index (κ3) is 4.60. The summed E-state index contributed by atoms with van der Waals surface area (Å²) in [7, 11) is -2.60. The second kappa shape index (κ2) is 8.55. The third-order valence-electron chi connectivity index (χ3n) is 4.02. The van der Waals surface area contributed by atoms with Crippen molar-refractivity contribution in [2.24, 2.45) is 0 Å². The van der Waals surface area contributed by atoms with Gasteiger partial charge in [0.05, 0.1) is 25.9 Å². The smallest absolute Gasteiger partial charge is 0.339 e. The molecule has 0 saturated carbocycles. The highest BCUT2D eigenvalue weighted by Gasteiger charge is 2.25. The van der Waals surface area contributed by atoms with Crippen molar-refractivity contribution in [2.45, 2.75) is 4.90 Å². The predicted molar refractivity (Wildman–Crippen MR) is 109 cm³/mol. The Balaban J connectivity index is 1.98. The van der Waals surface area contributed by atoms with E-state index in [1.807, 2.05) is 4.90 Å². The Labute approximate surface area is 172 Å². The molecule has 0 amide bonds. The Morgan fingerprint density at radius 3 is 2.44 bits per heavy atom. The molecule has 0 aromatic heterocycles. The van der Waals surface area contributed by atoms with Gasteiger partial charge in [-0.15, -0.1) is 0 Å². The first-order valence-corrected chi connectivity index (χ1v) is 10.8. The van der Waals surface area contributed by atoms with Crippen molar-refractivity contribution in [3.8, 4) is 11.5 Å². The highest BCUT2D eigenvalue weighted by Crippen LogP contribution is 2.35. The summed E-state index contributed by atoms with van der Waals surface area (Å²) in [6.45, 7) is 2.40. The fourth-order valence-electron chi connectivity index (χ4n) is 2.63. The topological polar surface area (TPSA) is 65.1 Å². The van der Waals surface area contributed by atoms with Crippen molar-refractivity contribution >= 4 is 43.3 Å². The molecule has 2 aromatic carbocycles. The zero-order chi connectivity index (χ0) is 19.4. The second-order valence-electron chi connectivity index (χ2n) is 5.73. The highest BCUT2D eigenvalue weighted by molar-refractivity contribution is 9.10. The van der Waals surface area contributed by atoms with Crippen molar-refractivity contribution < 1.29 is 22.1 Å². The van der Waals surface area contributed by atoms with Gasteiger partial charge in [-0.3, -0.25) is 0 Å². The van der Waals surface area contributed by atoms with Crippen molar-refractivity contribution in [2.75, 3.05) is 33.4 Å². The average molecular weight is 472 g/mol. The van der Waals surface area contributed by atoms with Crippen molar-refractivity contribution in [1.82, 2.24) is 4.90 Å². The zero-order valence-corrected chi connectivity index (χ0v) is 17.8. The molecule has 2 aromatic rings. The molecule has 9 heteroatoms. The van der Waals surface area contributed by atoms with Crippen molar-refractivity contribution in [1.29, 1.82) is 0 Å². The Morgan fingerprint density at radius 2 is 1.81 bits per heavy atom. The summed E-state index contributed by atoms with van der Waals surface area (Å²) < 4.78 is 42.5. The maximum atomic E-state index is 12.8. The maximum Gasteiger partial charge on any atom is 0.339 e. The van der Waals surface area contributed by atoms with Crippen molar-refractivity contribution in [3.05, 3.63) is 52.5 Å². The van der Waals surface area contributed by atoms with Crippen LogP contribution >= 0.6 is 28.1 Å². The molecule has 0 spiro atoms. The van der Waals surface area contributed by atoms with Crippen LogP contribution < -0.4 is 8.92 Å². The van der Waals surface area contributed by atoms with Gasteiger partial charge in [0, 0.05) is 17.6 Å². The molecule has 1 saturated heterocycles. The van der Waals surface area contributed by atoms with Gasteiger partial charge in [0.1, 0.15) is 9.88 Å². The lowest BCUT2D eigenvalue weighted by Gasteiger charge is -2.30. The van der Waals surface area contributed by atoms with E-state index >= 15 is 0 Å². The molecule has 1 heterocycles. The molecule has 0 radical (unpaired) electrons. The lowest BCUT2D eigenvalue weighted by molar-refractivity contribution is 0.0692. The number of benzene rings is 2. The summed E-state index contributed by atoms with van der Waals surface area (Å²) in [6.07, 6.45) is 0. The number of rotatable bonds is 5. The number of halogens is 1. The first-order chi connectivity index (χ1) is 12.9. The minimum atomic E-state index is -4.05. The third-order valence-corrected chi connectivity index (χ3v) is 6.27. The van der Waals surface area contributed by atoms with Gasteiger partial charge in [0.15, 0.2) is 11.5 Å². The van der Waals surface area contributed by atoms with Crippen LogP contribution in [0.15, 0.2) is 51.8 Å². The number of morpholine rings is 1. The standard InChI is InChI=1S/C18H18BrNO5S2/c1-23-16-4-2-3-15(18(26)20-9-11-24-12-10-20)17(16)25-27(21,22)14-7-5-13(19)6-8-14/h2-8H,9-12H2,1H3. The van der Waals surface area contributed by atoms with E-state index in [0.717, 1.165) is 4.47 Å². The molecule has 0 aliphatic carbocycles. The van der Waals surface area contributed by atoms with Gasteiger partial charge in [0.2, 0.25) is 0 Å². The number of ether oxygens (including phenoxy) is 2. The van der Waals surface area contributed by atoms with Crippen LogP contribution in [0.25, 0.3) is 0 Å². The molecule has 0 unspecified atom stereocenters. The maximum absolute atomic E-state index is 12.8. The summed E-state index contributed by atoms with van der Waals surface area (Å²) in [5.74, 6) is 0.378. The average Bonchev–Trinajstić information content (AvgIpc) is 2.68. The minimum Gasteiger partial charge on any atom is -0.493 e. The monoisotopic (exact) mass is 471 g/mol. The molecule has 6 nitrogen and oxygen atoms in total. The van der Waals surface area contributed by atoms with Gasteiger partial charge in [-0.2, -0.15) is 8.42 Å². The SMILES string of the molecule is COc1cccc(C(=S)N2CCOCC2)c1OS(=O)(=O)c1ccc(Br)cc1. The van der Waals surface area contributed by atoms with E-state index in [4.69, 9.17) is 25.9 Å². The quantitative estimate of drug-likeness (QED) is 0.489. The van der Waals surface area contributed by atoms with E-state index in [1.165, 1.54) is 19.2 Å². The Bertz CT molecular complexity index is 925. The van der Waals surface area contributed by atoms with Crippen molar-refractivity contribution in [3.63, 3.8) is 0 Å².